The van der Waals surface area contributed by atoms with Crippen molar-refractivity contribution >= 4 is 17.6 Å². The summed E-state index contributed by atoms with van der Waals surface area (Å²) in [6.07, 6.45) is 0.423. The zero-order valence-corrected chi connectivity index (χ0v) is 15.7. The highest BCUT2D eigenvalue weighted by molar-refractivity contribution is 6.04. The van der Waals surface area contributed by atoms with Gasteiger partial charge < -0.3 is 14.9 Å². The van der Waals surface area contributed by atoms with Gasteiger partial charge in [-0.1, -0.05) is 59.8 Å². The molecule has 1 aliphatic carbocycles. The Hall–Kier alpha value is -3.15. The van der Waals surface area contributed by atoms with E-state index in [1.807, 2.05) is 54.6 Å². The molecule has 0 fully saturated rings. The van der Waals surface area contributed by atoms with Gasteiger partial charge in [-0.3, -0.25) is 4.79 Å². The van der Waals surface area contributed by atoms with Crippen molar-refractivity contribution in [2.24, 2.45) is 5.16 Å². The quantitative estimate of drug-likeness (QED) is 0.811. The van der Waals surface area contributed by atoms with E-state index in [1.165, 1.54) is 0 Å². The maximum atomic E-state index is 12.9. The van der Waals surface area contributed by atoms with Crippen LogP contribution in [0.25, 0.3) is 0 Å². The Morgan fingerprint density at radius 3 is 2.39 bits per heavy atom. The molecule has 1 atom stereocenters. The Bertz CT molecular complexity index is 898. The molecule has 4 rings (SSSR count). The summed E-state index contributed by atoms with van der Waals surface area (Å²) in [6, 6.07) is 17.4. The molecule has 1 unspecified atom stereocenters. The number of nitrogens with one attached hydrogen (secondary N) is 1. The van der Waals surface area contributed by atoms with Crippen molar-refractivity contribution in [1.29, 1.82) is 0 Å². The lowest BCUT2D eigenvalue weighted by Gasteiger charge is -2.28. The molecular weight excluding hydrogens is 356 g/mol. The zero-order valence-electron chi connectivity index (χ0n) is 15.7. The second-order valence-corrected chi connectivity index (χ2v) is 7.12. The van der Waals surface area contributed by atoms with Gasteiger partial charge in [-0.2, -0.15) is 0 Å². The number of rotatable bonds is 5. The molecule has 144 valence electrons. The minimum atomic E-state index is -1.10. The van der Waals surface area contributed by atoms with Crippen molar-refractivity contribution < 1.29 is 19.2 Å². The Morgan fingerprint density at radius 2 is 1.75 bits per heavy atom. The van der Waals surface area contributed by atoms with E-state index in [9.17, 15) is 9.59 Å². The van der Waals surface area contributed by atoms with Crippen LogP contribution < -0.4 is 5.32 Å². The summed E-state index contributed by atoms with van der Waals surface area (Å²) in [6.45, 7) is 2.02. The first-order valence-electron chi connectivity index (χ1n) is 9.45. The zero-order chi connectivity index (χ0) is 19.6. The number of hydrogen-bond acceptors (Lipinski definition) is 5. The van der Waals surface area contributed by atoms with Gasteiger partial charge in [0.15, 0.2) is 0 Å². The molecule has 1 amide bonds. The van der Waals surface area contributed by atoms with Crippen LogP contribution in [0.2, 0.25) is 0 Å². The van der Waals surface area contributed by atoms with E-state index < -0.39 is 17.6 Å². The van der Waals surface area contributed by atoms with Crippen LogP contribution in [-0.4, -0.2) is 35.8 Å². The number of carbonyl (C=O) groups excluding carboxylic acids is 2. The Balaban J connectivity index is 1.49. The molecule has 0 spiro atoms. The van der Waals surface area contributed by atoms with Crippen LogP contribution in [0.5, 0.6) is 0 Å². The topological polar surface area (TPSA) is 77.0 Å². The van der Waals surface area contributed by atoms with Crippen molar-refractivity contribution in [3.63, 3.8) is 0 Å². The first-order chi connectivity index (χ1) is 13.6. The number of ether oxygens (including phenoxy) is 1. The normalized spacial score (nSPS) is 19.3. The van der Waals surface area contributed by atoms with Gasteiger partial charge in [0.25, 0.3) is 5.91 Å². The largest absolute Gasteiger partial charge is 0.464 e. The highest BCUT2D eigenvalue weighted by Gasteiger charge is 2.48. The van der Waals surface area contributed by atoms with E-state index in [0.717, 1.165) is 22.4 Å². The number of nitrogens with zero attached hydrogens (tertiary/aromatic N) is 1. The fourth-order valence-corrected chi connectivity index (χ4v) is 3.80. The lowest BCUT2D eigenvalue weighted by molar-refractivity contribution is -0.154. The fraction of sp³-hybridized carbons (Fsp3) is 0.318. The van der Waals surface area contributed by atoms with Crippen molar-refractivity contribution in [1.82, 2.24) is 5.32 Å². The number of amides is 1. The lowest BCUT2D eigenvalue weighted by atomic mass is 9.94. The third-order valence-corrected chi connectivity index (χ3v) is 5.20. The van der Waals surface area contributed by atoms with Gasteiger partial charge in [0, 0.05) is 19.3 Å². The van der Waals surface area contributed by atoms with Crippen LogP contribution in [0.15, 0.2) is 59.8 Å². The summed E-state index contributed by atoms with van der Waals surface area (Å²) in [7, 11) is 0. The maximum absolute atomic E-state index is 12.9. The number of hydrogen-bond donors (Lipinski definition) is 1. The number of benzene rings is 2. The van der Waals surface area contributed by atoms with Gasteiger partial charge >= 0.3 is 5.97 Å². The van der Waals surface area contributed by atoms with Gasteiger partial charge in [-0.15, -0.1) is 0 Å². The first-order valence-corrected chi connectivity index (χ1v) is 9.45. The maximum Gasteiger partial charge on any atom is 0.332 e. The first kappa shape index (κ1) is 18.2. The summed E-state index contributed by atoms with van der Waals surface area (Å²) in [5, 5.41) is 6.99. The van der Waals surface area contributed by atoms with E-state index in [2.05, 4.69) is 10.5 Å². The molecule has 6 heteroatoms. The predicted octanol–water partition coefficient (Wildman–Crippen LogP) is 2.40. The third kappa shape index (κ3) is 3.38. The van der Waals surface area contributed by atoms with E-state index >= 15 is 0 Å². The molecule has 1 N–H and O–H groups in total. The van der Waals surface area contributed by atoms with E-state index in [-0.39, 0.29) is 12.5 Å². The summed E-state index contributed by atoms with van der Waals surface area (Å²) in [4.78, 5) is 31.1. The molecule has 0 aromatic heterocycles. The molecule has 6 nitrogen and oxygen atoms in total. The molecule has 0 saturated carbocycles. The summed E-state index contributed by atoms with van der Waals surface area (Å²) < 4.78 is 5.29. The van der Waals surface area contributed by atoms with Crippen LogP contribution in [-0.2, 0) is 32.0 Å². The van der Waals surface area contributed by atoms with Crippen molar-refractivity contribution in [2.45, 2.75) is 37.8 Å². The Morgan fingerprint density at radius 1 is 1.11 bits per heavy atom. The molecule has 1 aliphatic heterocycles. The molecule has 0 radical (unpaired) electrons. The lowest BCUT2D eigenvalue weighted by Crippen LogP contribution is -2.58. The molecule has 0 bridgehead atoms. The van der Waals surface area contributed by atoms with Crippen LogP contribution in [0.3, 0.4) is 0 Å². The van der Waals surface area contributed by atoms with Crippen molar-refractivity contribution in [3.05, 3.63) is 71.3 Å². The average molecular weight is 378 g/mol. The van der Waals surface area contributed by atoms with Gasteiger partial charge in [0.2, 0.25) is 6.10 Å². The number of esters is 1. The van der Waals surface area contributed by atoms with Gasteiger partial charge in [-0.25, -0.2) is 4.79 Å². The van der Waals surface area contributed by atoms with Crippen molar-refractivity contribution in [2.75, 3.05) is 6.61 Å². The summed E-state index contributed by atoms with van der Waals surface area (Å²) in [5.41, 5.74) is 2.64. The SMILES string of the molecule is CCOC(=O)C1(NC(=O)C2CC(c3ccccc3)=NO2)Cc2ccccc2C1. The van der Waals surface area contributed by atoms with Crippen LogP contribution >= 0.6 is 0 Å². The molecule has 2 aromatic carbocycles. The minimum Gasteiger partial charge on any atom is -0.464 e. The van der Waals surface area contributed by atoms with E-state index in [0.29, 0.717) is 19.3 Å². The molecule has 1 heterocycles. The van der Waals surface area contributed by atoms with Crippen LogP contribution in [0, 0.1) is 0 Å². The highest BCUT2D eigenvalue weighted by Crippen LogP contribution is 2.32. The van der Waals surface area contributed by atoms with Crippen LogP contribution in [0.1, 0.15) is 30.0 Å². The second kappa shape index (κ2) is 7.46. The molecule has 2 aliphatic rings. The van der Waals surface area contributed by atoms with Crippen molar-refractivity contribution in [3.8, 4) is 0 Å². The highest BCUT2D eigenvalue weighted by atomic mass is 16.6. The number of carbonyl (C=O) groups is 2. The van der Waals surface area contributed by atoms with Crippen LogP contribution in [0.4, 0.5) is 0 Å². The molecule has 2 aromatic rings. The Kier molecular flexibility index (Phi) is 4.86. The van der Waals surface area contributed by atoms with E-state index in [1.54, 1.807) is 6.92 Å². The second-order valence-electron chi connectivity index (χ2n) is 7.12. The predicted molar refractivity (Wildman–Crippen MR) is 104 cm³/mol. The monoisotopic (exact) mass is 378 g/mol. The van der Waals surface area contributed by atoms with Gasteiger partial charge in [-0.05, 0) is 23.6 Å². The number of oxime groups is 1. The van der Waals surface area contributed by atoms with Gasteiger partial charge in [0.1, 0.15) is 5.54 Å². The van der Waals surface area contributed by atoms with Gasteiger partial charge in [0.05, 0.1) is 12.3 Å². The standard InChI is InChI=1S/C22H22N2O4/c1-2-27-21(26)22(13-16-10-6-7-11-17(16)14-22)23-20(25)19-12-18(24-28-19)15-8-4-3-5-9-15/h3-11,19H,2,12-14H2,1H3,(H,23,25). The molecular formula is C22H22N2O4. The minimum absolute atomic E-state index is 0.258. The Labute approximate surface area is 163 Å². The summed E-state index contributed by atoms with van der Waals surface area (Å²) >= 11 is 0. The van der Waals surface area contributed by atoms with E-state index in [4.69, 9.17) is 9.57 Å². The molecule has 0 saturated heterocycles. The average Bonchev–Trinajstić information content (AvgIpc) is 3.34. The summed E-state index contributed by atoms with van der Waals surface area (Å²) in [5.74, 6) is -0.766. The molecule has 28 heavy (non-hydrogen) atoms. The fourth-order valence-electron chi connectivity index (χ4n) is 3.80. The number of fused-ring (bicyclic) bond motifs is 1. The third-order valence-electron chi connectivity index (χ3n) is 5.20. The smallest absolute Gasteiger partial charge is 0.332 e.